The number of piperazine rings is 1. The zero-order valence-corrected chi connectivity index (χ0v) is 16.7. The third-order valence-electron chi connectivity index (χ3n) is 5.07. The predicted octanol–water partition coefficient (Wildman–Crippen LogP) is 2.64. The van der Waals surface area contributed by atoms with Crippen LogP contribution < -0.4 is 21.3 Å². The first kappa shape index (κ1) is 20.1. The Hall–Kier alpha value is -2.67. The SMILES string of the molecule is CCCC(CC)Nc1cc(-c2cc(C(N)=O)cc(N3CCNCC3)n2)ccn1. The first-order chi connectivity index (χ1) is 13.6. The molecule has 1 saturated heterocycles. The van der Waals surface area contributed by atoms with Gasteiger partial charge >= 0.3 is 0 Å². The highest BCUT2D eigenvalue weighted by molar-refractivity contribution is 5.94. The number of rotatable bonds is 8. The van der Waals surface area contributed by atoms with Crippen molar-refractivity contribution in [2.24, 2.45) is 5.73 Å². The highest BCUT2D eigenvalue weighted by Gasteiger charge is 2.16. The molecule has 7 nitrogen and oxygen atoms in total. The Kier molecular flexibility index (Phi) is 6.81. The number of nitrogens with one attached hydrogen (secondary N) is 2. The number of carbonyl (C=O) groups is 1. The molecule has 150 valence electrons. The maximum Gasteiger partial charge on any atom is 0.248 e. The lowest BCUT2D eigenvalue weighted by atomic mass is 10.1. The number of hydrogen-bond acceptors (Lipinski definition) is 6. The van der Waals surface area contributed by atoms with E-state index >= 15 is 0 Å². The van der Waals surface area contributed by atoms with Crippen molar-refractivity contribution in [3.63, 3.8) is 0 Å². The van der Waals surface area contributed by atoms with Crippen molar-refractivity contribution in [1.82, 2.24) is 15.3 Å². The second-order valence-corrected chi connectivity index (χ2v) is 7.17. The fraction of sp³-hybridized carbons (Fsp3) is 0.476. The van der Waals surface area contributed by atoms with E-state index in [0.717, 1.165) is 68.3 Å². The van der Waals surface area contributed by atoms with Gasteiger partial charge in [-0.1, -0.05) is 20.3 Å². The van der Waals surface area contributed by atoms with Crippen molar-refractivity contribution >= 4 is 17.5 Å². The molecule has 1 aliphatic rings. The second-order valence-electron chi connectivity index (χ2n) is 7.17. The van der Waals surface area contributed by atoms with Gasteiger partial charge in [0.2, 0.25) is 5.91 Å². The van der Waals surface area contributed by atoms with Crippen LogP contribution in [-0.4, -0.2) is 48.1 Å². The summed E-state index contributed by atoms with van der Waals surface area (Å²) >= 11 is 0. The average Bonchev–Trinajstić information content (AvgIpc) is 2.74. The van der Waals surface area contributed by atoms with Crippen LogP contribution in [-0.2, 0) is 0 Å². The molecule has 0 aromatic carbocycles. The molecule has 3 rings (SSSR count). The van der Waals surface area contributed by atoms with E-state index in [1.165, 1.54) is 0 Å². The van der Waals surface area contributed by atoms with Crippen LogP contribution in [0.15, 0.2) is 30.5 Å². The minimum absolute atomic E-state index is 0.397. The van der Waals surface area contributed by atoms with E-state index in [2.05, 4.69) is 34.4 Å². The summed E-state index contributed by atoms with van der Waals surface area (Å²) in [5.74, 6) is 1.17. The number of anilines is 2. The third-order valence-corrected chi connectivity index (χ3v) is 5.07. The lowest BCUT2D eigenvalue weighted by molar-refractivity contribution is 0.1000. The lowest BCUT2D eigenvalue weighted by Gasteiger charge is -2.29. The number of nitrogens with zero attached hydrogens (tertiary/aromatic N) is 3. The summed E-state index contributed by atoms with van der Waals surface area (Å²) in [6.07, 6.45) is 5.05. The van der Waals surface area contributed by atoms with E-state index in [-0.39, 0.29) is 0 Å². The summed E-state index contributed by atoms with van der Waals surface area (Å²) in [6, 6.07) is 7.85. The molecule has 4 N–H and O–H groups in total. The van der Waals surface area contributed by atoms with Gasteiger partial charge in [-0.3, -0.25) is 4.79 Å². The zero-order chi connectivity index (χ0) is 19.9. The molecule has 7 heteroatoms. The molecule has 28 heavy (non-hydrogen) atoms. The van der Waals surface area contributed by atoms with Gasteiger partial charge in [-0.2, -0.15) is 0 Å². The van der Waals surface area contributed by atoms with Crippen molar-refractivity contribution in [3.8, 4) is 11.3 Å². The van der Waals surface area contributed by atoms with E-state index in [9.17, 15) is 4.79 Å². The molecule has 1 unspecified atom stereocenters. The van der Waals surface area contributed by atoms with E-state index in [1.807, 2.05) is 12.1 Å². The molecule has 0 saturated carbocycles. The van der Waals surface area contributed by atoms with Gasteiger partial charge < -0.3 is 21.3 Å². The third kappa shape index (κ3) is 4.98. The molecule has 0 aliphatic carbocycles. The summed E-state index contributed by atoms with van der Waals surface area (Å²) in [7, 11) is 0. The maximum atomic E-state index is 11.9. The number of hydrogen-bond donors (Lipinski definition) is 3. The summed E-state index contributed by atoms with van der Waals surface area (Å²) < 4.78 is 0. The minimum atomic E-state index is -0.443. The highest BCUT2D eigenvalue weighted by Crippen LogP contribution is 2.25. The van der Waals surface area contributed by atoms with Crippen LogP contribution in [0.1, 0.15) is 43.5 Å². The zero-order valence-electron chi connectivity index (χ0n) is 16.7. The molecule has 0 bridgehead atoms. The molecular formula is C21H30N6O. The Morgan fingerprint density at radius 2 is 2.07 bits per heavy atom. The van der Waals surface area contributed by atoms with Gasteiger partial charge in [-0.25, -0.2) is 9.97 Å². The van der Waals surface area contributed by atoms with Crippen molar-refractivity contribution in [3.05, 3.63) is 36.0 Å². The molecule has 0 spiro atoms. The van der Waals surface area contributed by atoms with Gasteiger partial charge in [0, 0.05) is 49.5 Å². The first-order valence-electron chi connectivity index (χ1n) is 10.1. The Balaban J connectivity index is 1.92. The number of pyridine rings is 2. The van der Waals surface area contributed by atoms with Gasteiger partial charge in [-0.15, -0.1) is 0 Å². The topological polar surface area (TPSA) is 96.2 Å². The number of nitrogens with two attached hydrogens (primary N) is 1. The van der Waals surface area contributed by atoms with E-state index in [1.54, 1.807) is 18.3 Å². The molecule has 1 atom stereocenters. The smallest absolute Gasteiger partial charge is 0.248 e. The molecule has 0 radical (unpaired) electrons. The summed E-state index contributed by atoms with van der Waals surface area (Å²) in [5.41, 5.74) is 7.71. The Morgan fingerprint density at radius 1 is 1.29 bits per heavy atom. The molecular weight excluding hydrogens is 352 g/mol. The van der Waals surface area contributed by atoms with E-state index in [4.69, 9.17) is 10.7 Å². The van der Waals surface area contributed by atoms with Crippen LogP contribution >= 0.6 is 0 Å². The fourth-order valence-electron chi connectivity index (χ4n) is 3.47. The van der Waals surface area contributed by atoms with Gasteiger partial charge in [0.05, 0.1) is 5.69 Å². The van der Waals surface area contributed by atoms with Gasteiger partial charge in [0.1, 0.15) is 11.6 Å². The van der Waals surface area contributed by atoms with Crippen molar-refractivity contribution in [2.75, 3.05) is 36.4 Å². The summed E-state index contributed by atoms with van der Waals surface area (Å²) in [5, 5.41) is 6.84. The number of primary amides is 1. The molecule has 3 heterocycles. The van der Waals surface area contributed by atoms with Crippen molar-refractivity contribution in [1.29, 1.82) is 0 Å². The predicted molar refractivity (Wildman–Crippen MR) is 114 cm³/mol. The first-order valence-corrected chi connectivity index (χ1v) is 10.1. The van der Waals surface area contributed by atoms with Gasteiger partial charge in [0.25, 0.3) is 0 Å². The lowest BCUT2D eigenvalue weighted by Crippen LogP contribution is -2.44. The van der Waals surface area contributed by atoms with Gasteiger partial charge in [-0.05, 0) is 37.1 Å². The van der Waals surface area contributed by atoms with Crippen LogP contribution in [0.3, 0.4) is 0 Å². The van der Waals surface area contributed by atoms with E-state index < -0.39 is 5.91 Å². The molecule has 1 fully saturated rings. The second kappa shape index (κ2) is 9.50. The van der Waals surface area contributed by atoms with Crippen LogP contribution in [0.2, 0.25) is 0 Å². The van der Waals surface area contributed by atoms with Crippen LogP contribution in [0.25, 0.3) is 11.3 Å². The largest absolute Gasteiger partial charge is 0.367 e. The standard InChI is InChI=1S/C21H30N6O/c1-3-5-17(4-2)25-19-13-15(6-7-24-19)18-12-16(21(22)28)14-20(26-18)27-10-8-23-9-11-27/h6-7,12-14,17,23H,3-5,8-11H2,1-2H3,(H2,22,28)(H,24,25). The van der Waals surface area contributed by atoms with Gasteiger partial charge in [0.15, 0.2) is 0 Å². The van der Waals surface area contributed by atoms with E-state index in [0.29, 0.717) is 11.6 Å². The summed E-state index contributed by atoms with van der Waals surface area (Å²) in [4.78, 5) is 23.3. The Labute approximate surface area is 166 Å². The van der Waals surface area contributed by atoms with Crippen LogP contribution in [0.4, 0.5) is 11.6 Å². The average molecular weight is 383 g/mol. The molecule has 1 aliphatic heterocycles. The quantitative estimate of drug-likeness (QED) is 0.649. The monoisotopic (exact) mass is 382 g/mol. The van der Waals surface area contributed by atoms with Crippen molar-refractivity contribution in [2.45, 2.75) is 39.2 Å². The van der Waals surface area contributed by atoms with Crippen molar-refractivity contribution < 1.29 is 4.79 Å². The normalized spacial score (nSPS) is 15.3. The Bertz CT molecular complexity index is 803. The molecule has 1 amide bonds. The fourth-order valence-corrected chi connectivity index (χ4v) is 3.47. The number of aromatic nitrogens is 2. The maximum absolute atomic E-state index is 11.9. The molecule has 2 aromatic rings. The summed E-state index contributed by atoms with van der Waals surface area (Å²) in [6.45, 7) is 7.87. The van der Waals surface area contributed by atoms with Crippen LogP contribution in [0.5, 0.6) is 0 Å². The number of carbonyl (C=O) groups excluding carboxylic acids is 1. The number of amides is 1. The van der Waals surface area contributed by atoms with Crippen LogP contribution in [0, 0.1) is 0 Å². The molecule has 2 aromatic heterocycles. The Morgan fingerprint density at radius 3 is 2.75 bits per heavy atom. The highest BCUT2D eigenvalue weighted by atomic mass is 16.1. The minimum Gasteiger partial charge on any atom is -0.367 e.